The second-order valence-corrected chi connectivity index (χ2v) is 8.83. The molecule has 2 saturated heterocycles. The molecule has 0 radical (unpaired) electrons. The average Bonchev–Trinajstić information content (AvgIpc) is 3.22. The molecule has 2 aromatic rings. The van der Waals surface area contributed by atoms with Gasteiger partial charge in [-0.3, -0.25) is 4.90 Å². The maximum absolute atomic E-state index is 12.3. The number of tetrazole rings is 1. The number of ether oxygens (including phenoxy) is 1. The van der Waals surface area contributed by atoms with E-state index in [1.807, 2.05) is 6.07 Å². The highest BCUT2D eigenvalue weighted by molar-refractivity contribution is 7.90. The lowest BCUT2D eigenvalue weighted by molar-refractivity contribution is 0.0115. The molecule has 0 aliphatic carbocycles. The summed E-state index contributed by atoms with van der Waals surface area (Å²) in [6.45, 7) is 5.23. The van der Waals surface area contributed by atoms with Crippen LogP contribution in [0.25, 0.3) is 11.4 Å². The summed E-state index contributed by atoms with van der Waals surface area (Å²) >= 11 is 0. The number of hydrogen-bond acceptors (Lipinski definition) is 9. The zero-order valence-electron chi connectivity index (χ0n) is 15.2. The standard InChI is InChI=1S/C16H23N7O3S/c1-27(24,25)16-14(15-18-20-21-19-15)13(2-5-17-16)23-6-3-12(4-7-23)22-8-10-26-11-9-22/h2,5,12H,3-4,6-11H2,1H3,(H,18,19,20,21). The van der Waals surface area contributed by atoms with Crippen molar-refractivity contribution in [2.75, 3.05) is 50.5 Å². The summed E-state index contributed by atoms with van der Waals surface area (Å²) in [6, 6.07) is 2.37. The topological polar surface area (TPSA) is 117 Å². The zero-order chi connectivity index (χ0) is 18.9. The second-order valence-electron chi connectivity index (χ2n) is 6.90. The predicted octanol–water partition coefficient (Wildman–Crippen LogP) is -0.0338. The molecule has 10 nitrogen and oxygen atoms in total. The van der Waals surface area contributed by atoms with Crippen molar-refractivity contribution in [1.29, 1.82) is 0 Å². The van der Waals surface area contributed by atoms with E-state index in [0.29, 0.717) is 17.4 Å². The Morgan fingerprint density at radius 3 is 2.56 bits per heavy atom. The molecular weight excluding hydrogens is 370 g/mol. The van der Waals surface area contributed by atoms with Gasteiger partial charge in [0, 0.05) is 44.7 Å². The molecule has 0 spiro atoms. The van der Waals surface area contributed by atoms with Crippen LogP contribution in [0.3, 0.4) is 0 Å². The van der Waals surface area contributed by atoms with Crippen molar-refractivity contribution < 1.29 is 13.2 Å². The van der Waals surface area contributed by atoms with Gasteiger partial charge in [0.1, 0.15) is 0 Å². The minimum absolute atomic E-state index is 0.00569. The molecule has 0 saturated carbocycles. The Balaban J connectivity index is 1.61. The molecule has 0 atom stereocenters. The van der Waals surface area contributed by atoms with E-state index in [0.717, 1.165) is 64.2 Å². The molecule has 4 heterocycles. The van der Waals surface area contributed by atoms with Gasteiger partial charge >= 0.3 is 0 Å². The van der Waals surface area contributed by atoms with Crippen molar-refractivity contribution >= 4 is 15.5 Å². The molecule has 2 aromatic heterocycles. The van der Waals surface area contributed by atoms with Crippen molar-refractivity contribution in [2.45, 2.75) is 23.9 Å². The fourth-order valence-corrected chi connectivity index (χ4v) is 4.70. The fraction of sp³-hybridized carbons (Fsp3) is 0.625. The van der Waals surface area contributed by atoms with Gasteiger partial charge in [0.05, 0.1) is 24.5 Å². The van der Waals surface area contributed by atoms with Gasteiger partial charge in [-0.25, -0.2) is 18.5 Å². The number of pyridine rings is 1. The summed E-state index contributed by atoms with van der Waals surface area (Å²) in [4.78, 5) is 8.79. The third-order valence-electron chi connectivity index (χ3n) is 5.19. The van der Waals surface area contributed by atoms with Crippen LogP contribution in [-0.2, 0) is 14.6 Å². The van der Waals surface area contributed by atoms with E-state index in [1.165, 1.54) is 6.20 Å². The average molecular weight is 393 g/mol. The van der Waals surface area contributed by atoms with Crippen LogP contribution in [0, 0.1) is 0 Å². The maximum atomic E-state index is 12.3. The van der Waals surface area contributed by atoms with Crippen molar-refractivity contribution in [3.8, 4) is 11.4 Å². The normalized spacial score (nSPS) is 20.1. The third kappa shape index (κ3) is 3.80. The number of morpholine rings is 1. The number of aromatic amines is 1. The molecule has 0 amide bonds. The lowest BCUT2D eigenvalue weighted by atomic mass is 10.0. The highest BCUT2D eigenvalue weighted by atomic mass is 32.2. The number of hydrogen-bond donors (Lipinski definition) is 1. The molecule has 146 valence electrons. The van der Waals surface area contributed by atoms with Crippen LogP contribution >= 0.6 is 0 Å². The summed E-state index contributed by atoms with van der Waals surface area (Å²) in [6.07, 6.45) is 4.72. The molecule has 2 aliphatic rings. The van der Waals surface area contributed by atoms with E-state index in [4.69, 9.17) is 4.74 Å². The minimum atomic E-state index is -3.52. The molecule has 0 unspecified atom stereocenters. The van der Waals surface area contributed by atoms with E-state index in [1.54, 1.807) is 0 Å². The number of H-pyrrole nitrogens is 1. The Morgan fingerprint density at radius 2 is 1.93 bits per heavy atom. The lowest BCUT2D eigenvalue weighted by Gasteiger charge is -2.41. The maximum Gasteiger partial charge on any atom is 0.193 e. The second kappa shape index (κ2) is 7.49. The monoisotopic (exact) mass is 393 g/mol. The molecule has 27 heavy (non-hydrogen) atoms. The minimum Gasteiger partial charge on any atom is -0.379 e. The van der Waals surface area contributed by atoms with Crippen LogP contribution < -0.4 is 4.90 Å². The molecule has 0 aromatic carbocycles. The van der Waals surface area contributed by atoms with Gasteiger partial charge in [0.25, 0.3) is 0 Å². The Labute approximate surface area is 157 Å². The summed E-state index contributed by atoms with van der Waals surface area (Å²) in [5.74, 6) is 0.314. The highest BCUT2D eigenvalue weighted by Crippen LogP contribution is 2.34. The third-order valence-corrected chi connectivity index (χ3v) is 6.21. The van der Waals surface area contributed by atoms with E-state index in [9.17, 15) is 8.42 Å². The first-order chi connectivity index (χ1) is 13.0. The van der Waals surface area contributed by atoms with Crippen LogP contribution in [0.5, 0.6) is 0 Å². The summed E-state index contributed by atoms with van der Waals surface area (Å²) in [5.41, 5.74) is 1.24. The molecule has 2 aliphatic heterocycles. The van der Waals surface area contributed by atoms with Gasteiger partial charge < -0.3 is 9.64 Å². The smallest absolute Gasteiger partial charge is 0.193 e. The van der Waals surface area contributed by atoms with E-state index >= 15 is 0 Å². The fourth-order valence-electron chi connectivity index (χ4n) is 3.88. The first kappa shape index (κ1) is 18.3. The first-order valence-corrected chi connectivity index (χ1v) is 10.9. The lowest BCUT2D eigenvalue weighted by Crippen LogP contribution is -2.49. The number of sulfone groups is 1. The largest absolute Gasteiger partial charge is 0.379 e. The van der Waals surface area contributed by atoms with E-state index in [2.05, 4.69) is 35.4 Å². The van der Waals surface area contributed by atoms with Crippen LogP contribution in [0.15, 0.2) is 17.3 Å². The molecule has 2 fully saturated rings. The van der Waals surface area contributed by atoms with E-state index in [-0.39, 0.29) is 5.03 Å². The number of rotatable bonds is 4. The van der Waals surface area contributed by atoms with Crippen LogP contribution in [0.1, 0.15) is 12.8 Å². The summed E-state index contributed by atoms with van der Waals surface area (Å²) < 4.78 is 30.0. The summed E-state index contributed by atoms with van der Waals surface area (Å²) in [7, 11) is -3.52. The molecule has 0 bridgehead atoms. The Morgan fingerprint density at radius 1 is 1.19 bits per heavy atom. The van der Waals surface area contributed by atoms with Crippen LogP contribution in [0.4, 0.5) is 5.69 Å². The van der Waals surface area contributed by atoms with Crippen molar-refractivity contribution in [3.05, 3.63) is 12.3 Å². The SMILES string of the molecule is CS(=O)(=O)c1nccc(N2CCC(N3CCOCC3)CC2)c1-c1nnn[nH]1. The van der Waals surface area contributed by atoms with Gasteiger partial charge in [-0.1, -0.05) is 0 Å². The Bertz CT molecular complexity index is 873. The van der Waals surface area contributed by atoms with Gasteiger partial charge in [-0.2, -0.15) is 0 Å². The van der Waals surface area contributed by atoms with Gasteiger partial charge in [-0.15, -0.1) is 5.10 Å². The number of anilines is 1. The van der Waals surface area contributed by atoms with Crippen molar-refractivity contribution in [3.63, 3.8) is 0 Å². The Hall–Kier alpha value is -2.11. The quantitative estimate of drug-likeness (QED) is 0.764. The summed E-state index contributed by atoms with van der Waals surface area (Å²) in [5, 5.41) is 13.8. The van der Waals surface area contributed by atoms with Gasteiger partial charge in [0.15, 0.2) is 20.7 Å². The van der Waals surface area contributed by atoms with Crippen molar-refractivity contribution in [2.24, 2.45) is 0 Å². The highest BCUT2D eigenvalue weighted by Gasteiger charge is 2.29. The Kier molecular flexibility index (Phi) is 5.06. The number of aromatic nitrogens is 5. The van der Waals surface area contributed by atoms with E-state index < -0.39 is 9.84 Å². The zero-order valence-corrected chi connectivity index (χ0v) is 16.0. The molecular formula is C16H23N7O3S. The number of nitrogens with zero attached hydrogens (tertiary/aromatic N) is 6. The molecule has 4 rings (SSSR count). The number of piperidine rings is 1. The predicted molar refractivity (Wildman–Crippen MR) is 98.1 cm³/mol. The van der Waals surface area contributed by atoms with Gasteiger partial charge in [0.2, 0.25) is 0 Å². The van der Waals surface area contributed by atoms with Gasteiger partial charge in [-0.05, 0) is 29.3 Å². The molecule has 11 heteroatoms. The van der Waals surface area contributed by atoms with Crippen molar-refractivity contribution in [1.82, 2.24) is 30.5 Å². The van der Waals surface area contributed by atoms with Crippen LogP contribution in [-0.4, -0.2) is 90.6 Å². The molecule has 1 N–H and O–H groups in total. The first-order valence-electron chi connectivity index (χ1n) is 9.04. The number of nitrogens with one attached hydrogen (secondary N) is 1. The van der Waals surface area contributed by atoms with Crippen LogP contribution in [0.2, 0.25) is 0 Å².